The average Bonchev–Trinajstić information content (AvgIpc) is 1.30. The second-order valence-electron chi connectivity index (χ2n) is 2.32. The van der Waals surface area contributed by atoms with Gasteiger partial charge in [-0.15, -0.1) is 0 Å². The Morgan fingerprint density at radius 2 is 2.00 bits per heavy atom. The van der Waals surface area contributed by atoms with Crippen LogP contribution in [0.25, 0.3) is 0 Å². The van der Waals surface area contributed by atoms with E-state index in [-0.39, 0.29) is 5.54 Å². The highest BCUT2D eigenvalue weighted by Gasteiger charge is 2.00. The van der Waals surface area contributed by atoms with E-state index in [1.807, 2.05) is 13.8 Å². The summed E-state index contributed by atoms with van der Waals surface area (Å²) >= 11 is 0. The van der Waals surface area contributed by atoms with Crippen LogP contribution < -0.4 is 5.73 Å². The first-order valence-corrected chi connectivity index (χ1v) is 4.31. The van der Waals surface area contributed by atoms with Crippen molar-refractivity contribution in [2.75, 3.05) is 0 Å². The molecule has 0 heterocycles. The van der Waals surface area contributed by atoms with E-state index in [4.69, 9.17) is 5.73 Å². The maximum absolute atomic E-state index is 5.61. The summed E-state index contributed by atoms with van der Waals surface area (Å²) in [6, 6.07) is 0. The van der Waals surface area contributed by atoms with E-state index >= 15 is 0 Å². The molecule has 0 rings (SSSR count). The molecule has 0 unspecified atom stereocenters. The lowest BCUT2D eigenvalue weighted by Crippen LogP contribution is -2.34. The Balaban J connectivity index is 3.56. The molecular weight excluding hydrogens is 102 g/mol. The highest BCUT2D eigenvalue weighted by Crippen LogP contribution is 1.86. The van der Waals surface area contributed by atoms with E-state index in [0.717, 1.165) is 0 Å². The summed E-state index contributed by atoms with van der Waals surface area (Å²) in [6.45, 7) is 6.21. The maximum atomic E-state index is 5.61. The van der Waals surface area contributed by atoms with Gasteiger partial charge in [0, 0.05) is 5.54 Å². The topological polar surface area (TPSA) is 26.0 Å². The first-order valence-electron chi connectivity index (χ1n) is 2.49. The molecule has 0 amide bonds. The third-order valence-electron chi connectivity index (χ3n) is 0.596. The van der Waals surface area contributed by atoms with Crippen LogP contribution in [-0.4, -0.2) is 20.3 Å². The van der Waals surface area contributed by atoms with E-state index < -0.39 is 0 Å². The van der Waals surface area contributed by atoms with Crippen LogP contribution in [0.4, 0.5) is 0 Å². The Bertz CT molecular complexity index is 70.6. The van der Waals surface area contributed by atoms with Crippen molar-refractivity contribution >= 4 is 14.8 Å². The summed E-state index contributed by atoms with van der Waals surface area (Å²) in [5, 5.41) is 0. The fourth-order valence-electron chi connectivity index (χ4n) is 0.430. The summed E-state index contributed by atoms with van der Waals surface area (Å²) < 4.78 is 0. The summed E-state index contributed by atoms with van der Waals surface area (Å²) in [6.07, 6.45) is 0. The average molecular weight is 115 g/mol. The van der Waals surface area contributed by atoms with Gasteiger partial charge in [0.15, 0.2) is 0 Å². The Hall–Kier alpha value is 0.0469. The maximum Gasteiger partial charge on any atom is 0.0240 e. The van der Waals surface area contributed by atoms with Gasteiger partial charge in [-0.1, -0.05) is 12.2 Å². The smallest absolute Gasteiger partial charge is 0.0240 e. The molecule has 0 aromatic carbocycles. The molecule has 0 spiro atoms. The van der Waals surface area contributed by atoms with Crippen LogP contribution >= 0.6 is 0 Å². The molecule has 0 fully saturated rings. The van der Waals surface area contributed by atoms with Crippen molar-refractivity contribution in [1.82, 2.24) is 0 Å². The number of nitrogens with two attached hydrogens (primary N) is 1. The second-order valence-corrected chi connectivity index (χ2v) is 3.32. The van der Waals surface area contributed by atoms with Gasteiger partial charge in [-0.05, 0) is 23.0 Å². The zero-order valence-electron chi connectivity index (χ0n) is 5.23. The first-order chi connectivity index (χ1) is 3.06. The molecule has 0 aliphatic carbocycles. The Morgan fingerprint density at radius 1 is 1.57 bits per heavy atom. The number of hydrogen-bond donors (Lipinski definition) is 1. The van der Waals surface area contributed by atoms with E-state index in [1.54, 1.807) is 0 Å². The van der Waals surface area contributed by atoms with E-state index in [2.05, 4.69) is 12.2 Å². The highest BCUT2D eigenvalue weighted by atomic mass is 28.2. The second kappa shape index (κ2) is 2.38. The SMILES string of the molecule is C[SiH]=CC(C)(C)N. The molecule has 7 heavy (non-hydrogen) atoms. The fraction of sp³-hybridized carbons (Fsp3) is 0.800. The Morgan fingerprint density at radius 3 is 2.00 bits per heavy atom. The van der Waals surface area contributed by atoms with Gasteiger partial charge in [0.2, 0.25) is 0 Å². The van der Waals surface area contributed by atoms with Gasteiger partial charge < -0.3 is 5.73 Å². The molecule has 0 saturated heterocycles. The van der Waals surface area contributed by atoms with Crippen LogP contribution in [0.1, 0.15) is 13.8 Å². The standard InChI is InChI=1S/C5H13NSi/c1-5(2,6)4-7-3/h4,7H,6H2,1-3H3. The van der Waals surface area contributed by atoms with Crippen molar-refractivity contribution in [2.24, 2.45) is 5.73 Å². The molecule has 0 aliphatic rings. The van der Waals surface area contributed by atoms with E-state index in [9.17, 15) is 0 Å². The predicted molar refractivity (Wildman–Crippen MR) is 37.3 cm³/mol. The molecule has 0 atom stereocenters. The largest absolute Gasteiger partial charge is 0.323 e. The van der Waals surface area contributed by atoms with Crippen molar-refractivity contribution in [1.29, 1.82) is 0 Å². The van der Waals surface area contributed by atoms with Crippen LogP contribution in [0.2, 0.25) is 6.55 Å². The van der Waals surface area contributed by atoms with E-state index in [0.29, 0.717) is 9.13 Å². The van der Waals surface area contributed by atoms with Crippen molar-refractivity contribution < 1.29 is 0 Å². The molecule has 0 bridgehead atoms. The molecule has 0 saturated carbocycles. The van der Waals surface area contributed by atoms with Gasteiger partial charge in [0.05, 0.1) is 0 Å². The zero-order valence-corrected chi connectivity index (χ0v) is 6.39. The van der Waals surface area contributed by atoms with Gasteiger partial charge in [-0.25, -0.2) is 0 Å². The number of hydrogen-bond acceptors (Lipinski definition) is 1. The highest BCUT2D eigenvalue weighted by molar-refractivity contribution is 6.47. The molecule has 42 valence electrons. The minimum Gasteiger partial charge on any atom is -0.323 e. The van der Waals surface area contributed by atoms with Gasteiger partial charge in [-0.2, -0.15) is 0 Å². The molecule has 0 aliphatic heterocycles. The van der Waals surface area contributed by atoms with Crippen LogP contribution in [0, 0.1) is 0 Å². The molecule has 2 heteroatoms. The minimum absolute atomic E-state index is 0.0376. The molecule has 0 aromatic rings. The monoisotopic (exact) mass is 115 g/mol. The summed E-state index contributed by atoms with van der Waals surface area (Å²) in [5.74, 6) is 0. The van der Waals surface area contributed by atoms with E-state index in [1.165, 1.54) is 0 Å². The predicted octanol–water partition coefficient (Wildman–Crippen LogP) is 0.0105. The normalized spacial score (nSPS) is 13.1. The third kappa shape index (κ3) is 6.05. The first kappa shape index (κ1) is 7.05. The van der Waals surface area contributed by atoms with Crippen LogP contribution in [0.15, 0.2) is 0 Å². The summed E-state index contributed by atoms with van der Waals surface area (Å²) in [5.41, 5.74) is 7.75. The quantitative estimate of drug-likeness (QED) is 0.479. The van der Waals surface area contributed by atoms with Crippen LogP contribution in [0.3, 0.4) is 0 Å². The molecule has 0 aromatic heterocycles. The van der Waals surface area contributed by atoms with Crippen molar-refractivity contribution in [3.63, 3.8) is 0 Å². The summed E-state index contributed by atoms with van der Waals surface area (Å²) in [7, 11) is 0.459. The lowest BCUT2D eigenvalue weighted by molar-refractivity contribution is 0.722. The molecule has 2 N–H and O–H groups in total. The van der Waals surface area contributed by atoms with Crippen LogP contribution in [-0.2, 0) is 0 Å². The Kier molecular flexibility index (Phi) is 2.39. The molecular formula is C5H13NSi. The van der Waals surface area contributed by atoms with Crippen molar-refractivity contribution in [3.05, 3.63) is 0 Å². The summed E-state index contributed by atoms with van der Waals surface area (Å²) in [4.78, 5) is 0. The van der Waals surface area contributed by atoms with Gasteiger partial charge in [-0.3, -0.25) is 0 Å². The van der Waals surface area contributed by atoms with Crippen LogP contribution in [0.5, 0.6) is 0 Å². The Labute approximate surface area is 47.4 Å². The van der Waals surface area contributed by atoms with Crippen molar-refractivity contribution in [3.8, 4) is 0 Å². The van der Waals surface area contributed by atoms with Gasteiger partial charge in [0.25, 0.3) is 0 Å². The van der Waals surface area contributed by atoms with Gasteiger partial charge in [0.1, 0.15) is 0 Å². The van der Waals surface area contributed by atoms with Crippen molar-refractivity contribution in [2.45, 2.75) is 25.9 Å². The van der Waals surface area contributed by atoms with Gasteiger partial charge >= 0.3 is 0 Å². The molecule has 1 nitrogen and oxygen atoms in total. The zero-order chi connectivity index (χ0) is 5.91. The minimum atomic E-state index is -0.0376. The third-order valence-corrected chi connectivity index (χ3v) is 1.79. The fourth-order valence-corrected chi connectivity index (χ4v) is 1.29. The number of rotatable bonds is 1. The lowest BCUT2D eigenvalue weighted by Gasteiger charge is -2.10. The lowest BCUT2D eigenvalue weighted by atomic mass is 10.1. The molecule has 0 radical (unpaired) electrons.